The lowest BCUT2D eigenvalue weighted by Gasteiger charge is -2.39. The van der Waals surface area contributed by atoms with E-state index in [1.54, 1.807) is 0 Å². The van der Waals surface area contributed by atoms with Crippen molar-refractivity contribution in [1.82, 2.24) is 5.32 Å². The molecule has 1 atom stereocenters. The van der Waals surface area contributed by atoms with E-state index in [-0.39, 0.29) is 17.7 Å². The number of rotatable bonds is 13. The van der Waals surface area contributed by atoms with E-state index in [2.05, 4.69) is 25.7 Å². The molecule has 0 aromatic heterocycles. The molecular weight excluding hydrogens is 316 g/mol. The van der Waals surface area contributed by atoms with Gasteiger partial charge in [0, 0.05) is 18.9 Å². The fourth-order valence-corrected chi connectivity index (χ4v) is 3.54. The zero-order chi connectivity index (χ0) is 17.9. The zero-order valence-electron chi connectivity index (χ0n) is 14.8. The molecule has 2 N–H and O–H groups in total. The summed E-state index contributed by atoms with van der Waals surface area (Å²) in [6, 6.07) is 0.0493. The summed E-state index contributed by atoms with van der Waals surface area (Å²) in [6.07, 6.45) is 4.57. The molecular formula is C16H33N2O4S+. The molecule has 0 aliphatic heterocycles. The number of carbonyl (C=O) groups is 1. The predicted molar refractivity (Wildman–Crippen MR) is 93.8 cm³/mol. The van der Waals surface area contributed by atoms with Gasteiger partial charge in [-0.05, 0) is 25.8 Å². The first-order chi connectivity index (χ1) is 10.7. The Hall–Kier alpha value is -0.920. The molecule has 0 saturated carbocycles. The van der Waals surface area contributed by atoms with Gasteiger partial charge in [0.2, 0.25) is 5.91 Å². The van der Waals surface area contributed by atoms with Crippen molar-refractivity contribution in [3.05, 3.63) is 12.7 Å². The van der Waals surface area contributed by atoms with E-state index in [4.69, 9.17) is 4.55 Å². The Balaban J connectivity index is 4.75. The molecule has 0 rings (SSSR count). The summed E-state index contributed by atoms with van der Waals surface area (Å²) in [4.78, 5) is 11.4. The number of hydrogen-bond acceptors (Lipinski definition) is 3. The van der Waals surface area contributed by atoms with Crippen LogP contribution in [0, 0.1) is 0 Å². The highest BCUT2D eigenvalue weighted by Gasteiger charge is 2.26. The fourth-order valence-electron chi connectivity index (χ4n) is 3.04. The van der Waals surface area contributed by atoms with Gasteiger partial charge in [0.1, 0.15) is 0 Å². The third-order valence-corrected chi connectivity index (χ3v) is 4.85. The third-order valence-electron chi connectivity index (χ3n) is 4.04. The zero-order valence-corrected chi connectivity index (χ0v) is 15.6. The Morgan fingerprint density at radius 1 is 1.22 bits per heavy atom. The number of hydrogen-bond donors (Lipinski definition) is 2. The van der Waals surface area contributed by atoms with Gasteiger partial charge in [-0.15, -0.1) is 0 Å². The SMILES string of the molecule is C=CC(=O)NC(C)CC[N+](CCC)(CCC)CCCS(=O)(=O)O. The molecule has 6 nitrogen and oxygen atoms in total. The van der Waals surface area contributed by atoms with Gasteiger partial charge in [0.15, 0.2) is 0 Å². The summed E-state index contributed by atoms with van der Waals surface area (Å²) in [6.45, 7) is 13.2. The Morgan fingerprint density at radius 2 is 1.78 bits per heavy atom. The maximum atomic E-state index is 11.4. The second-order valence-electron chi connectivity index (χ2n) is 6.28. The Bertz CT molecular complexity index is 457. The van der Waals surface area contributed by atoms with E-state index in [0.717, 1.165) is 49.9 Å². The molecule has 0 spiro atoms. The molecule has 0 aliphatic carbocycles. The highest BCUT2D eigenvalue weighted by atomic mass is 32.2. The maximum absolute atomic E-state index is 11.4. The van der Waals surface area contributed by atoms with Crippen LogP contribution in [0.3, 0.4) is 0 Å². The molecule has 0 bridgehead atoms. The molecule has 23 heavy (non-hydrogen) atoms. The first-order valence-corrected chi connectivity index (χ1v) is 10.0. The minimum absolute atomic E-state index is 0.0493. The lowest BCUT2D eigenvalue weighted by molar-refractivity contribution is -0.928. The number of nitrogens with zero attached hydrogens (tertiary/aromatic N) is 1. The second kappa shape index (κ2) is 10.8. The summed E-state index contributed by atoms with van der Waals surface area (Å²) < 4.78 is 31.6. The quantitative estimate of drug-likeness (QED) is 0.302. The summed E-state index contributed by atoms with van der Waals surface area (Å²) in [5.74, 6) is -0.364. The minimum Gasteiger partial charge on any atom is -0.350 e. The van der Waals surface area contributed by atoms with Gasteiger partial charge in [-0.2, -0.15) is 8.42 Å². The highest BCUT2D eigenvalue weighted by Crippen LogP contribution is 2.14. The number of quaternary nitrogens is 1. The van der Waals surface area contributed by atoms with Crippen LogP contribution in [0.5, 0.6) is 0 Å². The van der Waals surface area contributed by atoms with Crippen LogP contribution in [-0.2, 0) is 14.9 Å². The molecule has 0 aromatic carbocycles. The Morgan fingerprint density at radius 3 is 2.22 bits per heavy atom. The average molecular weight is 350 g/mol. The summed E-state index contributed by atoms with van der Waals surface area (Å²) >= 11 is 0. The number of amides is 1. The Labute approximate surface area is 141 Å². The van der Waals surface area contributed by atoms with E-state index in [0.29, 0.717) is 6.42 Å². The van der Waals surface area contributed by atoms with Crippen LogP contribution >= 0.6 is 0 Å². The van der Waals surface area contributed by atoms with Crippen LogP contribution in [0.4, 0.5) is 0 Å². The largest absolute Gasteiger partial charge is 0.350 e. The normalized spacial score (nSPS) is 13.6. The molecule has 0 fully saturated rings. The van der Waals surface area contributed by atoms with E-state index >= 15 is 0 Å². The van der Waals surface area contributed by atoms with Gasteiger partial charge in [0.05, 0.1) is 31.9 Å². The van der Waals surface area contributed by atoms with Gasteiger partial charge in [-0.3, -0.25) is 9.35 Å². The van der Waals surface area contributed by atoms with E-state index < -0.39 is 10.1 Å². The van der Waals surface area contributed by atoms with Crippen molar-refractivity contribution in [1.29, 1.82) is 0 Å². The molecule has 7 heteroatoms. The molecule has 0 aromatic rings. The molecule has 1 unspecified atom stereocenters. The number of nitrogens with one attached hydrogen (secondary N) is 1. The summed E-state index contributed by atoms with van der Waals surface area (Å²) in [5.41, 5.74) is 0. The highest BCUT2D eigenvalue weighted by molar-refractivity contribution is 7.85. The van der Waals surface area contributed by atoms with Crippen molar-refractivity contribution in [3.8, 4) is 0 Å². The van der Waals surface area contributed by atoms with Gasteiger partial charge in [0.25, 0.3) is 10.1 Å². The van der Waals surface area contributed by atoms with Gasteiger partial charge in [-0.25, -0.2) is 0 Å². The fraction of sp³-hybridized carbons (Fsp3) is 0.812. The molecule has 0 radical (unpaired) electrons. The third kappa shape index (κ3) is 10.5. The van der Waals surface area contributed by atoms with Crippen LogP contribution in [-0.4, -0.2) is 61.3 Å². The van der Waals surface area contributed by atoms with Crippen molar-refractivity contribution < 1.29 is 22.2 Å². The maximum Gasteiger partial charge on any atom is 0.265 e. The van der Waals surface area contributed by atoms with Gasteiger partial charge in [-0.1, -0.05) is 20.4 Å². The van der Waals surface area contributed by atoms with Crippen LogP contribution in [0.1, 0.15) is 46.5 Å². The first kappa shape index (κ1) is 22.1. The lowest BCUT2D eigenvalue weighted by atomic mass is 10.1. The van der Waals surface area contributed by atoms with Crippen molar-refractivity contribution in [2.75, 3.05) is 31.9 Å². The van der Waals surface area contributed by atoms with Crippen molar-refractivity contribution in [2.24, 2.45) is 0 Å². The smallest absolute Gasteiger partial charge is 0.265 e. The van der Waals surface area contributed by atoms with Crippen molar-refractivity contribution in [2.45, 2.75) is 52.5 Å². The summed E-state index contributed by atoms with van der Waals surface area (Å²) in [5, 5.41) is 2.86. The van der Waals surface area contributed by atoms with E-state index in [1.807, 2.05) is 6.92 Å². The minimum atomic E-state index is -3.91. The van der Waals surface area contributed by atoms with Crippen LogP contribution in [0.2, 0.25) is 0 Å². The van der Waals surface area contributed by atoms with Gasteiger partial charge < -0.3 is 9.80 Å². The van der Waals surface area contributed by atoms with E-state index in [1.165, 1.54) is 6.08 Å². The van der Waals surface area contributed by atoms with E-state index in [9.17, 15) is 13.2 Å². The summed E-state index contributed by atoms with van der Waals surface area (Å²) in [7, 11) is -3.91. The standard InChI is InChI=1S/C16H32N2O4S/c1-5-10-18(11-6-2,12-8-14-23(20,21)22)13-9-15(4)17-16(19)7-3/h7,15H,3,5-6,8-14H2,1-2,4H3,(H-,17,19,20,21,22)/p+1. The molecule has 136 valence electrons. The molecule has 0 saturated heterocycles. The lowest BCUT2D eigenvalue weighted by Crippen LogP contribution is -2.52. The van der Waals surface area contributed by atoms with Gasteiger partial charge >= 0.3 is 0 Å². The van der Waals surface area contributed by atoms with Crippen molar-refractivity contribution in [3.63, 3.8) is 0 Å². The monoisotopic (exact) mass is 349 g/mol. The average Bonchev–Trinajstić information content (AvgIpc) is 2.44. The predicted octanol–water partition coefficient (Wildman–Crippen LogP) is 1.98. The van der Waals surface area contributed by atoms with Crippen molar-refractivity contribution >= 4 is 16.0 Å². The molecule has 0 aliphatic rings. The second-order valence-corrected chi connectivity index (χ2v) is 7.85. The first-order valence-electron chi connectivity index (χ1n) is 8.41. The number of carbonyl (C=O) groups excluding carboxylic acids is 1. The van der Waals surface area contributed by atoms with Crippen LogP contribution in [0.25, 0.3) is 0 Å². The molecule has 1 amide bonds. The van der Waals surface area contributed by atoms with Crippen LogP contribution in [0.15, 0.2) is 12.7 Å². The molecule has 0 heterocycles. The topological polar surface area (TPSA) is 83.5 Å². The Kier molecular flexibility index (Phi) is 10.3. The van der Waals surface area contributed by atoms with Crippen LogP contribution < -0.4 is 5.32 Å².